The number of carbonyl (C=O) groups is 1. The van der Waals surface area contributed by atoms with Gasteiger partial charge < -0.3 is 24.9 Å². The van der Waals surface area contributed by atoms with E-state index in [0.717, 1.165) is 72.4 Å². The molecule has 0 radical (unpaired) electrons. The Kier molecular flexibility index (Phi) is 5.53. The van der Waals surface area contributed by atoms with Crippen LogP contribution in [0.5, 0.6) is 0 Å². The van der Waals surface area contributed by atoms with Crippen molar-refractivity contribution in [2.24, 2.45) is 0 Å². The summed E-state index contributed by atoms with van der Waals surface area (Å²) in [5.74, 6) is 1.05. The van der Waals surface area contributed by atoms with E-state index in [-0.39, 0.29) is 17.5 Å². The molecular formula is C28H31ClN4O2. The molecule has 3 aromatic rings. The molecule has 35 heavy (non-hydrogen) atoms. The first-order chi connectivity index (χ1) is 16.9. The number of hydrogen-bond donors (Lipinski definition) is 2. The van der Waals surface area contributed by atoms with Gasteiger partial charge in [0.25, 0.3) is 5.91 Å². The highest BCUT2D eigenvalue weighted by Crippen LogP contribution is 2.50. The van der Waals surface area contributed by atoms with Gasteiger partial charge in [-0.1, -0.05) is 67.8 Å². The fourth-order valence-electron chi connectivity index (χ4n) is 6.16. The first-order valence-corrected chi connectivity index (χ1v) is 12.9. The predicted molar refractivity (Wildman–Crippen MR) is 140 cm³/mol. The maximum absolute atomic E-state index is 13.9. The van der Waals surface area contributed by atoms with Crippen molar-refractivity contribution in [1.29, 1.82) is 0 Å². The van der Waals surface area contributed by atoms with E-state index in [1.54, 1.807) is 0 Å². The molecule has 3 aliphatic rings. The molecule has 1 aliphatic carbocycles. The van der Waals surface area contributed by atoms with Gasteiger partial charge in [0, 0.05) is 30.6 Å². The Morgan fingerprint density at radius 2 is 1.91 bits per heavy atom. The van der Waals surface area contributed by atoms with Crippen molar-refractivity contribution in [1.82, 2.24) is 15.1 Å². The molecule has 7 heteroatoms. The Balaban J connectivity index is 1.44. The van der Waals surface area contributed by atoms with E-state index in [2.05, 4.69) is 41.3 Å². The molecule has 6 nitrogen and oxygen atoms in total. The van der Waals surface area contributed by atoms with Crippen LogP contribution in [-0.2, 0) is 5.54 Å². The maximum atomic E-state index is 13.9. The second kappa shape index (κ2) is 8.61. The number of nitrogens with one attached hydrogen (secondary N) is 2. The van der Waals surface area contributed by atoms with Crippen molar-refractivity contribution < 1.29 is 9.21 Å². The van der Waals surface area contributed by atoms with Crippen molar-refractivity contribution in [3.05, 3.63) is 76.8 Å². The Hall–Kier alpha value is -2.96. The number of benzene rings is 2. The predicted octanol–water partition coefficient (Wildman–Crippen LogP) is 5.86. The van der Waals surface area contributed by atoms with Gasteiger partial charge in [-0.15, -0.1) is 0 Å². The second-order valence-electron chi connectivity index (χ2n) is 10.2. The minimum absolute atomic E-state index is 0.0236. The van der Waals surface area contributed by atoms with Gasteiger partial charge in [-0.3, -0.25) is 4.79 Å². The summed E-state index contributed by atoms with van der Waals surface area (Å²) in [7, 11) is 2.10. The van der Waals surface area contributed by atoms with Gasteiger partial charge in [-0.2, -0.15) is 0 Å². The molecule has 1 saturated carbocycles. The summed E-state index contributed by atoms with van der Waals surface area (Å²) in [6.45, 7) is 6.41. The van der Waals surface area contributed by atoms with Gasteiger partial charge in [0.05, 0.1) is 28.1 Å². The molecule has 3 heterocycles. The Morgan fingerprint density at radius 3 is 2.69 bits per heavy atom. The number of anilines is 1. The van der Waals surface area contributed by atoms with Gasteiger partial charge in [0.1, 0.15) is 5.58 Å². The molecule has 1 unspecified atom stereocenters. The van der Waals surface area contributed by atoms with Crippen LogP contribution in [0, 0.1) is 0 Å². The highest BCUT2D eigenvalue weighted by atomic mass is 35.5. The van der Waals surface area contributed by atoms with Gasteiger partial charge >= 0.3 is 0 Å². The lowest BCUT2D eigenvalue weighted by Crippen LogP contribution is -2.49. The number of piperazine rings is 1. The lowest BCUT2D eigenvalue weighted by atomic mass is 9.74. The van der Waals surface area contributed by atoms with Crippen molar-refractivity contribution in [3.8, 4) is 0 Å². The zero-order valence-corrected chi connectivity index (χ0v) is 20.8. The monoisotopic (exact) mass is 490 g/mol. The van der Waals surface area contributed by atoms with Crippen LogP contribution in [0.1, 0.15) is 59.8 Å². The van der Waals surface area contributed by atoms with Gasteiger partial charge in [-0.25, -0.2) is 0 Å². The summed E-state index contributed by atoms with van der Waals surface area (Å²) in [5.41, 5.74) is 3.48. The molecule has 1 aromatic heterocycles. The van der Waals surface area contributed by atoms with Gasteiger partial charge in [-0.05, 0) is 37.6 Å². The van der Waals surface area contributed by atoms with E-state index < -0.39 is 0 Å². The molecule has 1 atom stereocenters. The fourth-order valence-corrected chi connectivity index (χ4v) is 6.42. The van der Waals surface area contributed by atoms with Crippen LogP contribution >= 0.6 is 11.6 Å². The number of carbonyl (C=O) groups excluding carboxylic acids is 1. The van der Waals surface area contributed by atoms with Crippen molar-refractivity contribution in [2.45, 2.75) is 43.7 Å². The fraction of sp³-hybridized carbons (Fsp3) is 0.393. The molecule has 1 spiro atoms. The summed E-state index contributed by atoms with van der Waals surface area (Å²) < 4.78 is 6.44. The van der Waals surface area contributed by atoms with E-state index in [1.807, 2.05) is 35.2 Å². The van der Waals surface area contributed by atoms with Crippen LogP contribution in [0.3, 0.4) is 0 Å². The molecule has 2 aromatic carbocycles. The summed E-state index contributed by atoms with van der Waals surface area (Å²) >= 11 is 6.77. The average molecular weight is 491 g/mol. The SMILES string of the molecule is C=C1Nc2c(Cl)cc3cc(C(=O)N4CCN(C)CC4c4ccccc4)oc3c2C2(CCCCC2)N1. The quantitative estimate of drug-likeness (QED) is 0.471. The normalized spacial score (nSPS) is 22.1. The number of nitrogens with zero attached hydrogens (tertiary/aromatic N) is 2. The molecule has 6 rings (SSSR count). The Bertz CT molecular complexity index is 1300. The van der Waals surface area contributed by atoms with Crippen molar-refractivity contribution >= 4 is 34.2 Å². The zero-order valence-electron chi connectivity index (χ0n) is 20.1. The Labute approximate surface area is 210 Å². The third kappa shape index (κ3) is 3.80. The minimum atomic E-state index is -0.280. The number of halogens is 1. The molecule has 2 fully saturated rings. The third-order valence-corrected chi connectivity index (χ3v) is 8.15. The topological polar surface area (TPSA) is 60.8 Å². The smallest absolute Gasteiger partial charge is 0.290 e. The number of likely N-dealkylation sites (N-methyl/N-ethyl adjacent to an activating group) is 1. The van der Waals surface area contributed by atoms with E-state index >= 15 is 0 Å². The molecular weight excluding hydrogens is 460 g/mol. The standard InChI is InChI=1S/C28H31ClN4O2/c1-18-30-25-21(29)15-20-16-23(35-26(20)24(25)28(31-18)11-7-4-8-12-28)27(34)33-14-13-32(2)17-22(33)19-9-5-3-6-10-19/h3,5-6,9-10,15-16,22,30-31H,1,4,7-8,11-14,17H2,2H3. The van der Waals surface area contributed by atoms with E-state index in [4.69, 9.17) is 16.0 Å². The third-order valence-electron chi connectivity index (χ3n) is 7.85. The molecule has 2 N–H and O–H groups in total. The second-order valence-corrected chi connectivity index (χ2v) is 10.6. The van der Waals surface area contributed by atoms with Crippen LogP contribution < -0.4 is 10.6 Å². The number of furan rings is 1. The van der Waals surface area contributed by atoms with E-state index in [0.29, 0.717) is 17.3 Å². The summed E-state index contributed by atoms with van der Waals surface area (Å²) in [6, 6.07) is 14.0. The van der Waals surface area contributed by atoms with Crippen molar-refractivity contribution in [2.75, 3.05) is 32.0 Å². The molecule has 182 valence electrons. The summed E-state index contributed by atoms with van der Waals surface area (Å²) in [4.78, 5) is 18.1. The number of hydrogen-bond acceptors (Lipinski definition) is 5. The number of amides is 1. The van der Waals surface area contributed by atoms with Gasteiger partial charge in [0.2, 0.25) is 0 Å². The molecule has 1 amide bonds. The van der Waals surface area contributed by atoms with Crippen LogP contribution in [0.2, 0.25) is 5.02 Å². The average Bonchev–Trinajstić information content (AvgIpc) is 3.28. The van der Waals surface area contributed by atoms with E-state index in [9.17, 15) is 4.79 Å². The van der Waals surface area contributed by atoms with Crippen LogP contribution in [0.25, 0.3) is 11.0 Å². The summed E-state index contributed by atoms with van der Waals surface area (Å²) in [6.07, 6.45) is 5.43. The highest BCUT2D eigenvalue weighted by molar-refractivity contribution is 6.34. The van der Waals surface area contributed by atoms with Crippen LogP contribution in [-0.4, -0.2) is 42.4 Å². The molecule has 0 bridgehead atoms. The van der Waals surface area contributed by atoms with Crippen LogP contribution in [0.15, 0.2) is 59.3 Å². The van der Waals surface area contributed by atoms with Gasteiger partial charge in [0.15, 0.2) is 5.76 Å². The zero-order chi connectivity index (χ0) is 24.2. The van der Waals surface area contributed by atoms with Crippen molar-refractivity contribution in [3.63, 3.8) is 0 Å². The first-order valence-electron chi connectivity index (χ1n) is 12.5. The summed E-state index contributed by atoms with van der Waals surface area (Å²) in [5, 5.41) is 8.44. The van der Waals surface area contributed by atoms with Crippen LogP contribution in [0.4, 0.5) is 5.69 Å². The largest absolute Gasteiger partial charge is 0.450 e. The Morgan fingerprint density at radius 1 is 1.14 bits per heavy atom. The minimum Gasteiger partial charge on any atom is -0.450 e. The molecule has 2 aliphatic heterocycles. The number of rotatable bonds is 2. The van der Waals surface area contributed by atoms with E-state index in [1.165, 1.54) is 6.42 Å². The lowest BCUT2D eigenvalue weighted by molar-refractivity contribution is 0.0469. The highest BCUT2D eigenvalue weighted by Gasteiger charge is 2.43. The maximum Gasteiger partial charge on any atom is 0.290 e. The molecule has 1 saturated heterocycles. The lowest BCUT2D eigenvalue weighted by Gasteiger charge is -2.44. The first kappa shape index (κ1) is 22.5. The number of fused-ring (bicyclic) bond motifs is 4.